The molecule has 2 fully saturated rings. The van der Waals surface area contributed by atoms with E-state index in [-0.39, 0.29) is 5.41 Å². The van der Waals surface area contributed by atoms with Crippen LogP contribution in [0.15, 0.2) is 0 Å². The zero-order valence-electron chi connectivity index (χ0n) is 11.0. The van der Waals surface area contributed by atoms with Crippen LogP contribution in [0.1, 0.15) is 33.6 Å². The van der Waals surface area contributed by atoms with Gasteiger partial charge in [0, 0.05) is 37.1 Å². The van der Waals surface area contributed by atoms with Crippen LogP contribution < -0.4 is 5.32 Å². The molecule has 2 aliphatic rings. The summed E-state index contributed by atoms with van der Waals surface area (Å²) in [5, 5.41) is 3.76. The fourth-order valence-electron chi connectivity index (χ4n) is 3.40. The number of hydrogen-bond acceptors (Lipinski definition) is 3. The third kappa shape index (κ3) is 1.89. The molecule has 0 spiro atoms. The largest absolute Gasteiger partial charge is 0.383 e. The van der Waals surface area contributed by atoms with Gasteiger partial charge in [0.1, 0.15) is 0 Å². The van der Waals surface area contributed by atoms with Crippen molar-refractivity contribution in [2.45, 2.75) is 51.8 Å². The van der Waals surface area contributed by atoms with Crippen molar-refractivity contribution in [2.75, 3.05) is 20.3 Å². The van der Waals surface area contributed by atoms with Crippen molar-refractivity contribution in [1.82, 2.24) is 5.32 Å². The van der Waals surface area contributed by atoms with Gasteiger partial charge in [0.25, 0.3) is 0 Å². The summed E-state index contributed by atoms with van der Waals surface area (Å²) in [7, 11) is 1.78. The molecule has 3 nitrogen and oxygen atoms in total. The molecule has 4 unspecified atom stereocenters. The number of rotatable bonds is 5. The molecular formula is C13H25NO2. The molecular weight excluding hydrogens is 202 g/mol. The first-order valence-electron chi connectivity index (χ1n) is 6.47. The lowest BCUT2D eigenvalue weighted by Gasteiger charge is -2.55. The van der Waals surface area contributed by atoms with Gasteiger partial charge in [0.15, 0.2) is 0 Å². The Morgan fingerprint density at radius 2 is 2.25 bits per heavy atom. The molecule has 1 aliphatic heterocycles. The molecule has 0 aromatic carbocycles. The first kappa shape index (κ1) is 12.3. The molecule has 0 aromatic heterocycles. The molecule has 0 bridgehead atoms. The Morgan fingerprint density at radius 3 is 2.88 bits per heavy atom. The van der Waals surface area contributed by atoms with E-state index in [1.54, 1.807) is 7.11 Å². The van der Waals surface area contributed by atoms with Gasteiger partial charge in [-0.2, -0.15) is 0 Å². The fourth-order valence-corrected chi connectivity index (χ4v) is 3.40. The number of nitrogens with one attached hydrogen (secondary N) is 1. The normalized spacial score (nSPS) is 37.9. The smallest absolute Gasteiger partial charge is 0.0685 e. The SMILES string of the molecule is CCC(COC)NC1C2CCOC2C1(C)C. The third-order valence-electron chi connectivity index (χ3n) is 4.38. The van der Waals surface area contributed by atoms with Gasteiger partial charge >= 0.3 is 0 Å². The molecule has 94 valence electrons. The molecule has 1 heterocycles. The summed E-state index contributed by atoms with van der Waals surface area (Å²) in [5.41, 5.74) is 0.280. The highest BCUT2D eigenvalue weighted by Crippen LogP contribution is 2.52. The minimum absolute atomic E-state index is 0.280. The van der Waals surface area contributed by atoms with Gasteiger partial charge < -0.3 is 14.8 Å². The van der Waals surface area contributed by atoms with Gasteiger partial charge in [0.05, 0.1) is 12.7 Å². The first-order valence-corrected chi connectivity index (χ1v) is 6.47. The van der Waals surface area contributed by atoms with Crippen molar-refractivity contribution in [1.29, 1.82) is 0 Å². The van der Waals surface area contributed by atoms with E-state index in [4.69, 9.17) is 9.47 Å². The molecule has 1 aliphatic carbocycles. The maximum absolute atomic E-state index is 5.80. The number of fused-ring (bicyclic) bond motifs is 1. The molecule has 3 heteroatoms. The average molecular weight is 227 g/mol. The molecule has 1 N–H and O–H groups in total. The van der Waals surface area contributed by atoms with E-state index in [0.717, 1.165) is 25.6 Å². The predicted octanol–water partition coefficient (Wildman–Crippen LogP) is 1.81. The summed E-state index contributed by atoms with van der Waals surface area (Å²) in [6.07, 6.45) is 2.82. The van der Waals surface area contributed by atoms with Crippen LogP contribution in [-0.4, -0.2) is 38.5 Å². The van der Waals surface area contributed by atoms with Gasteiger partial charge in [-0.3, -0.25) is 0 Å². The van der Waals surface area contributed by atoms with Crippen LogP contribution in [0, 0.1) is 11.3 Å². The average Bonchev–Trinajstić information content (AvgIpc) is 2.70. The molecule has 1 saturated heterocycles. The van der Waals surface area contributed by atoms with Crippen LogP contribution in [0.5, 0.6) is 0 Å². The van der Waals surface area contributed by atoms with Crippen LogP contribution in [-0.2, 0) is 9.47 Å². The zero-order chi connectivity index (χ0) is 11.8. The van der Waals surface area contributed by atoms with Crippen LogP contribution in [0.4, 0.5) is 0 Å². The van der Waals surface area contributed by atoms with Gasteiger partial charge in [-0.25, -0.2) is 0 Å². The second kappa shape index (κ2) is 4.63. The number of ether oxygens (including phenoxy) is 2. The van der Waals surface area contributed by atoms with E-state index >= 15 is 0 Å². The van der Waals surface area contributed by atoms with Crippen molar-refractivity contribution in [2.24, 2.45) is 11.3 Å². The molecule has 1 saturated carbocycles. The summed E-state index contributed by atoms with van der Waals surface area (Å²) in [4.78, 5) is 0. The Kier molecular flexibility index (Phi) is 3.57. The Balaban J connectivity index is 1.94. The van der Waals surface area contributed by atoms with Gasteiger partial charge in [0.2, 0.25) is 0 Å². The van der Waals surface area contributed by atoms with E-state index in [0.29, 0.717) is 18.2 Å². The Labute approximate surface area is 98.9 Å². The van der Waals surface area contributed by atoms with Gasteiger partial charge in [-0.1, -0.05) is 20.8 Å². The Morgan fingerprint density at radius 1 is 1.50 bits per heavy atom. The van der Waals surface area contributed by atoms with Crippen LogP contribution in [0.2, 0.25) is 0 Å². The summed E-state index contributed by atoms with van der Waals surface area (Å²) >= 11 is 0. The minimum Gasteiger partial charge on any atom is -0.383 e. The third-order valence-corrected chi connectivity index (χ3v) is 4.38. The van der Waals surface area contributed by atoms with Crippen LogP contribution >= 0.6 is 0 Å². The summed E-state index contributed by atoms with van der Waals surface area (Å²) < 4.78 is 11.1. The quantitative estimate of drug-likeness (QED) is 0.777. The van der Waals surface area contributed by atoms with Crippen LogP contribution in [0.25, 0.3) is 0 Å². The molecule has 16 heavy (non-hydrogen) atoms. The van der Waals surface area contributed by atoms with E-state index < -0.39 is 0 Å². The lowest BCUT2D eigenvalue weighted by molar-refractivity contribution is -0.117. The maximum Gasteiger partial charge on any atom is 0.0685 e. The second-order valence-electron chi connectivity index (χ2n) is 5.77. The highest BCUT2D eigenvalue weighted by Gasteiger charge is 2.59. The zero-order valence-corrected chi connectivity index (χ0v) is 11.0. The van der Waals surface area contributed by atoms with Crippen LogP contribution in [0.3, 0.4) is 0 Å². The molecule has 0 radical (unpaired) electrons. The Hall–Kier alpha value is -0.120. The highest BCUT2D eigenvalue weighted by atomic mass is 16.5. The van der Waals surface area contributed by atoms with E-state index in [9.17, 15) is 0 Å². The fraction of sp³-hybridized carbons (Fsp3) is 1.00. The summed E-state index contributed by atoms with van der Waals surface area (Å²) in [5.74, 6) is 0.723. The predicted molar refractivity (Wildman–Crippen MR) is 64.5 cm³/mol. The standard InChI is InChI=1S/C13H25NO2/c1-5-9(8-15-4)14-11-10-6-7-16-12(10)13(11,2)3/h9-12,14H,5-8H2,1-4H3. The van der Waals surface area contributed by atoms with Crippen molar-refractivity contribution < 1.29 is 9.47 Å². The maximum atomic E-state index is 5.80. The second-order valence-corrected chi connectivity index (χ2v) is 5.77. The van der Waals surface area contributed by atoms with Crippen molar-refractivity contribution in [3.8, 4) is 0 Å². The molecule has 4 atom stereocenters. The number of hydrogen-bond donors (Lipinski definition) is 1. The first-order chi connectivity index (χ1) is 7.61. The Bertz CT molecular complexity index is 242. The lowest BCUT2D eigenvalue weighted by atomic mass is 9.57. The molecule has 0 amide bonds. The lowest BCUT2D eigenvalue weighted by Crippen LogP contribution is -2.67. The topological polar surface area (TPSA) is 30.5 Å². The summed E-state index contributed by atoms with van der Waals surface area (Å²) in [6, 6.07) is 1.08. The minimum atomic E-state index is 0.280. The number of methoxy groups -OCH3 is 1. The summed E-state index contributed by atoms with van der Waals surface area (Å²) in [6.45, 7) is 8.59. The monoisotopic (exact) mass is 227 g/mol. The van der Waals surface area contributed by atoms with E-state index in [1.807, 2.05) is 0 Å². The van der Waals surface area contributed by atoms with E-state index in [1.165, 1.54) is 6.42 Å². The molecule has 2 rings (SSSR count). The van der Waals surface area contributed by atoms with Crippen molar-refractivity contribution in [3.05, 3.63) is 0 Å². The highest BCUT2D eigenvalue weighted by molar-refractivity contribution is 5.11. The molecule has 0 aromatic rings. The van der Waals surface area contributed by atoms with Crippen molar-refractivity contribution >= 4 is 0 Å². The van der Waals surface area contributed by atoms with Gasteiger partial charge in [-0.15, -0.1) is 0 Å². The van der Waals surface area contributed by atoms with Crippen molar-refractivity contribution in [3.63, 3.8) is 0 Å². The van der Waals surface area contributed by atoms with E-state index in [2.05, 4.69) is 26.1 Å². The van der Waals surface area contributed by atoms with Gasteiger partial charge in [-0.05, 0) is 12.8 Å².